The normalized spacial score (nSPS) is 12.7. The average Bonchev–Trinajstić information content (AvgIpc) is 2.61. The van der Waals surface area contributed by atoms with Crippen molar-refractivity contribution in [3.05, 3.63) is 65.0 Å². The number of anilines is 1. The molecule has 0 saturated carbocycles. The predicted molar refractivity (Wildman–Crippen MR) is 111 cm³/mol. The lowest BCUT2D eigenvalue weighted by Crippen LogP contribution is -2.32. The van der Waals surface area contributed by atoms with E-state index in [4.69, 9.17) is 0 Å². The van der Waals surface area contributed by atoms with Gasteiger partial charge in [0.15, 0.2) is 0 Å². The Hall–Kier alpha value is -2.20. The number of rotatable bonds is 7. The summed E-state index contributed by atoms with van der Waals surface area (Å²) >= 11 is 0. The van der Waals surface area contributed by atoms with Crippen LogP contribution in [-0.2, 0) is 4.79 Å². The molecule has 0 spiro atoms. The molecule has 1 amide bonds. The van der Waals surface area contributed by atoms with E-state index >= 15 is 0 Å². The number of nitrogens with zero attached hydrogens (tertiary/aromatic N) is 1. The topological polar surface area (TPSA) is 32.3 Å². The van der Waals surface area contributed by atoms with Gasteiger partial charge in [-0.3, -0.25) is 9.69 Å². The largest absolute Gasteiger partial charge is 0.324 e. The van der Waals surface area contributed by atoms with Crippen LogP contribution < -0.4 is 5.32 Å². The highest BCUT2D eigenvalue weighted by molar-refractivity contribution is 5.94. The minimum absolute atomic E-state index is 0.0151. The van der Waals surface area contributed by atoms with Gasteiger partial charge < -0.3 is 5.32 Å². The molecule has 1 N–H and O–H groups in total. The van der Waals surface area contributed by atoms with E-state index in [9.17, 15) is 9.18 Å². The van der Waals surface area contributed by atoms with Gasteiger partial charge in [0.2, 0.25) is 5.91 Å². The highest BCUT2D eigenvalue weighted by Crippen LogP contribution is 2.32. The quantitative estimate of drug-likeness (QED) is 0.677. The van der Waals surface area contributed by atoms with Gasteiger partial charge in [-0.1, -0.05) is 58.0 Å². The third-order valence-electron chi connectivity index (χ3n) is 5.04. The molecule has 3 nitrogen and oxygen atoms in total. The zero-order valence-corrected chi connectivity index (χ0v) is 17.2. The summed E-state index contributed by atoms with van der Waals surface area (Å²) < 4.78 is 13.1. The SMILES string of the molecule is CC(C)c1cccc(C(C)C)c1NC(=O)CN(C)C(C)c1ccc(F)cc1. The van der Waals surface area contributed by atoms with Gasteiger partial charge in [-0.05, 0) is 54.6 Å². The van der Waals surface area contributed by atoms with Gasteiger partial charge in [0.05, 0.1) is 6.54 Å². The van der Waals surface area contributed by atoms with E-state index in [1.807, 2.05) is 18.9 Å². The Kier molecular flexibility index (Phi) is 7.14. The molecule has 0 bridgehead atoms. The molecule has 0 heterocycles. The molecular weight excluding hydrogens is 339 g/mol. The van der Waals surface area contributed by atoms with E-state index in [-0.39, 0.29) is 24.3 Å². The molecule has 0 saturated heterocycles. The Morgan fingerprint density at radius 1 is 0.963 bits per heavy atom. The maximum absolute atomic E-state index is 13.1. The van der Waals surface area contributed by atoms with Gasteiger partial charge >= 0.3 is 0 Å². The monoisotopic (exact) mass is 370 g/mol. The van der Waals surface area contributed by atoms with Crippen LogP contribution in [0.2, 0.25) is 0 Å². The Morgan fingerprint density at radius 2 is 1.48 bits per heavy atom. The van der Waals surface area contributed by atoms with Crippen LogP contribution in [0.25, 0.3) is 0 Å². The lowest BCUT2D eigenvalue weighted by atomic mass is 9.92. The van der Waals surface area contributed by atoms with Gasteiger partial charge in [-0.25, -0.2) is 4.39 Å². The predicted octanol–water partition coefficient (Wildman–Crippen LogP) is 5.70. The van der Waals surface area contributed by atoms with Gasteiger partial charge in [0.25, 0.3) is 0 Å². The number of halogens is 1. The molecule has 27 heavy (non-hydrogen) atoms. The lowest BCUT2D eigenvalue weighted by molar-refractivity contribution is -0.117. The van der Waals surface area contributed by atoms with E-state index < -0.39 is 0 Å². The molecule has 0 aliphatic carbocycles. The van der Waals surface area contributed by atoms with Crippen LogP contribution in [0.1, 0.15) is 69.2 Å². The fourth-order valence-electron chi connectivity index (χ4n) is 3.23. The highest BCUT2D eigenvalue weighted by Gasteiger charge is 2.19. The smallest absolute Gasteiger partial charge is 0.238 e. The van der Waals surface area contributed by atoms with Crippen molar-refractivity contribution < 1.29 is 9.18 Å². The second-order valence-electron chi connectivity index (χ2n) is 7.81. The van der Waals surface area contributed by atoms with E-state index in [0.29, 0.717) is 11.8 Å². The molecule has 0 aromatic heterocycles. The minimum Gasteiger partial charge on any atom is -0.324 e. The van der Waals surface area contributed by atoms with E-state index in [0.717, 1.165) is 22.4 Å². The van der Waals surface area contributed by atoms with Gasteiger partial charge in [0.1, 0.15) is 5.82 Å². The van der Waals surface area contributed by atoms with E-state index in [1.165, 1.54) is 12.1 Å². The van der Waals surface area contributed by atoms with Crippen molar-refractivity contribution in [2.75, 3.05) is 18.9 Å². The molecule has 1 atom stereocenters. The molecule has 1 unspecified atom stereocenters. The first-order chi connectivity index (χ1) is 12.7. The molecule has 146 valence electrons. The number of para-hydroxylation sites is 1. The Morgan fingerprint density at radius 3 is 1.96 bits per heavy atom. The van der Waals surface area contributed by atoms with Gasteiger partial charge in [-0.15, -0.1) is 0 Å². The van der Waals surface area contributed by atoms with Crippen LogP contribution in [0.3, 0.4) is 0 Å². The maximum Gasteiger partial charge on any atom is 0.238 e. The maximum atomic E-state index is 13.1. The number of hydrogen-bond donors (Lipinski definition) is 1. The number of amides is 1. The van der Waals surface area contributed by atoms with E-state index in [1.54, 1.807) is 12.1 Å². The number of carbonyl (C=O) groups is 1. The zero-order valence-electron chi connectivity index (χ0n) is 17.2. The second kappa shape index (κ2) is 9.14. The fraction of sp³-hybridized carbons (Fsp3) is 0.435. The summed E-state index contributed by atoms with van der Waals surface area (Å²) in [7, 11) is 1.91. The van der Waals surface area contributed by atoms with Crippen molar-refractivity contribution in [3.63, 3.8) is 0 Å². The lowest BCUT2D eigenvalue weighted by Gasteiger charge is -2.26. The van der Waals surface area contributed by atoms with Crippen LogP contribution in [0, 0.1) is 5.82 Å². The third-order valence-corrected chi connectivity index (χ3v) is 5.04. The Bertz CT molecular complexity index is 742. The standard InChI is InChI=1S/C23H31FN2O/c1-15(2)20-8-7-9-21(16(3)4)23(20)25-22(27)14-26(6)17(5)18-10-12-19(24)13-11-18/h7-13,15-17H,14H2,1-6H3,(H,25,27). The molecule has 4 heteroatoms. The summed E-state index contributed by atoms with van der Waals surface area (Å²) in [6.07, 6.45) is 0. The molecule has 2 aromatic rings. The van der Waals surface area contributed by atoms with Crippen molar-refractivity contribution in [2.45, 2.75) is 52.5 Å². The van der Waals surface area contributed by atoms with Crippen LogP contribution in [0.4, 0.5) is 10.1 Å². The summed E-state index contributed by atoms with van der Waals surface area (Å²) in [6.45, 7) is 10.8. The molecule has 0 aliphatic rings. The summed E-state index contributed by atoms with van der Waals surface area (Å²) in [6, 6.07) is 12.7. The molecule has 0 aliphatic heterocycles. The summed E-state index contributed by atoms with van der Waals surface area (Å²) in [5.74, 6) is 0.365. The number of carbonyl (C=O) groups excluding carboxylic acids is 1. The van der Waals surface area contributed by atoms with Crippen molar-refractivity contribution >= 4 is 11.6 Å². The third kappa shape index (κ3) is 5.39. The van der Waals surface area contributed by atoms with Crippen molar-refractivity contribution in [1.29, 1.82) is 0 Å². The Balaban J connectivity index is 2.14. The van der Waals surface area contributed by atoms with Crippen molar-refractivity contribution in [3.8, 4) is 0 Å². The fourth-order valence-corrected chi connectivity index (χ4v) is 3.23. The van der Waals surface area contributed by atoms with Gasteiger partial charge in [-0.2, -0.15) is 0 Å². The molecule has 2 rings (SSSR count). The zero-order chi connectivity index (χ0) is 20.1. The number of hydrogen-bond acceptors (Lipinski definition) is 2. The van der Waals surface area contributed by atoms with Crippen LogP contribution in [0.15, 0.2) is 42.5 Å². The highest BCUT2D eigenvalue weighted by atomic mass is 19.1. The number of likely N-dealkylation sites (N-methyl/N-ethyl adjacent to an activating group) is 1. The van der Waals surface area contributed by atoms with Crippen LogP contribution in [0.5, 0.6) is 0 Å². The second-order valence-corrected chi connectivity index (χ2v) is 7.81. The van der Waals surface area contributed by atoms with Gasteiger partial charge in [0, 0.05) is 11.7 Å². The summed E-state index contributed by atoms with van der Waals surface area (Å²) in [5, 5.41) is 3.15. The first-order valence-electron chi connectivity index (χ1n) is 9.59. The molecule has 0 radical (unpaired) electrons. The summed E-state index contributed by atoms with van der Waals surface area (Å²) in [5.41, 5.74) is 4.24. The van der Waals surface area contributed by atoms with Crippen LogP contribution >= 0.6 is 0 Å². The molecular formula is C23H31FN2O. The van der Waals surface area contributed by atoms with Crippen LogP contribution in [-0.4, -0.2) is 24.4 Å². The average molecular weight is 371 g/mol. The van der Waals surface area contributed by atoms with Crippen molar-refractivity contribution in [1.82, 2.24) is 4.90 Å². The number of nitrogens with one attached hydrogen (secondary N) is 1. The molecule has 2 aromatic carbocycles. The Labute approximate surface area is 162 Å². The van der Waals surface area contributed by atoms with Crippen molar-refractivity contribution in [2.24, 2.45) is 0 Å². The first-order valence-corrected chi connectivity index (χ1v) is 9.59. The minimum atomic E-state index is -0.252. The number of benzene rings is 2. The summed E-state index contributed by atoms with van der Waals surface area (Å²) in [4.78, 5) is 14.7. The molecule has 0 fully saturated rings. The first kappa shape index (κ1) is 21.1. The van der Waals surface area contributed by atoms with E-state index in [2.05, 4.69) is 51.2 Å².